The highest BCUT2D eigenvalue weighted by atomic mass is 19.4. The van der Waals surface area contributed by atoms with Crippen molar-refractivity contribution in [3.63, 3.8) is 0 Å². The van der Waals surface area contributed by atoms with Crippen molar-refractivity contribution >= 4 is 11.9 Å². The fraction of sp³-hybridized carbons (Fsp3) is 0.412. The number of nitrogens with one attached hydrogen (secondary N) is 2. The van der Waals surface area contributed by atoms with Crippen LogP contribution in [0.15, 0.2) is 36.8 Å². The Bertz CT molecular complexity index is 874. The Hall–Kier alpha value is -2.91. The van der Waals surface area contributed by atoms with Crippen LogP contribution in [-0.4, -0.2) is 32.9 Å². The van der Waals surface area contributed by atoms with Gasteiger partial charge in [-0.2, -0.15) is 18.3 Å². The molecule has 3 amide bonds. The molecular weight excluding hydrogens is 363 g/mol. The molecule has 5 rings (SSSR count). The predicted octanol–water partition coefficient (Wildman–Crippen LogP) is 2.33. The van der Waals surface area contributed by atoms with Crippen LogP contribution in [-0.2, 0) is 11.3 Å². The number of halogens is 3. The Kier molecular flexibility index (Phi) is 3.76. The first-order chi connectivity index (χ1) is 12.7. The summed E-state index contributed by atoms with van der Waals surface area (Å²) in [6, 6.07) is 4.44. The van der Waals surface area contributed by atoms with Gasteiger partial charge in [0.2, 0.25) is 5.91 Å². The van der Waals surface area contributed by atoms with Crippen LogP contribution in [0.25, 0.3) is 5.82 Å². The van der Waals surface area contributed by atoms with E-state index in [1.165, 1.54) is 0 Å². The van der Waals surface area contributed by atoms with Crippen molar-refractivity contribution in [2.24, 2.45) is 10.8 Å². The zero-order valence-corrected chi connectivity index (χ0v) is 14.1. The summed E-state index contributed by atoms with van der Waals surface area (Å²) in [5.41, 5.74) is -2.03. The average molecular weight is 379 g/mol. The fourth-order valence-electron chi connectivity index (χ4n) is 3.89. The van der Waals surface area contributed by atoms with E-state index in [9.17, 15) is 22.8 Å². The third kappa shape index (κ3) is 2.84. The predicted molar refractivity (Wildman–Crippen MR) is 86.5 cm³/mol. The van der Waals surface area contributed by atoms with Crippen molar-refractivity contribution in [2.45, 2.75) is 32.0 Å². The molecule has 0 unspecified atom stereocenters. The van der Waals surface area contributed by atoms with Crippen LogP contribution in [0.4, 0.5) is 18.0 Å². The molecule has 27 heavy (non-hydrogen) atoms. The van der Waals surface area contributed by atoms with Crippen LogP contribution in [0.2, 0.25) is 0 Å². The number of aromatic nitrogens is 3. The van der Waals surface area contributed by atoms with Crippen molar-refractivity contribution in [3.8, 4) is 5.82 Å². The van der Waals surface area contributed by atoms with Crippen molar-refractivity contribution in [3.05, 3.63) is 42.4 Å². The number of urea groups is 1. The number of rotatable bonds is 4. The summed E-state index contributed by atoms with van der Waals surface area (Å²) in [5, 5.41) is 8.74. The Labute approximate surface area is 152 Å². The van der Waals surface area contributed by atoms with E-state index in [1.807, 2.05) is 0 Å². The second-order valence-corrected chi connectivity index (χ2v) is 7.20. The largest absolute Gasteiger partial charge is 0.394 e. The smallest absolute Gasteiger partial charge is 0.334 e. The summed E-state index contributed by atoms with van der Waals surface area (Å²) < 4.78 is 40.1. The van der Waals surface area contributed by atoms with E-state index in [0.717, 1.165) is 5.56 Å². The number of hydrogen-bond donors (Lipinski definition) is 2. The van der Waals surface area contributed by atoms with Gasteiger partial charge in [0.15, 0.2) is 5.82 Å². The molecule has 3 saturated carbocycles. The lowest BCUT2D eigenvalue weighted by atomic mass is 9.34. The van der Waals surface area contributed by atoms with E-state index in [-0.39, 0.29) is 25.8 Å². The van der Waals surface area contributed by atoms with Crippen LogP contribution in [0.1, 0.15) is 24.8 Å². The maximum atomic E-state index is 12.8. The number of nitrogens with zero attached hydrogens (tertiary/aromatic N) is 3. The second-order valence-electron chi connectivity index (χ2n) is 7.20. The van der Waals surface area contributed by atoms with Gasteiger partial charge >= 0.3 is 12.2 Å². The Morgan fingerprint density at radius 2 is 1.96 bits per heavy atom. The Morgan fingerprint density at radius 3 is 2.59 bits per heavy atom. The molecule has 2 N–H and O–H groups in total. The molecule has 0 aromatic carbocycles. The molecule has 0 aliphatic heterocycles. The first kappa shape index (κ1) is 17.5. The summed E-state index contributed by atoms with van der Waals surface area (Å²) in [7, 11) is 0. The van der Waals surface area contributed by atoms with Crippen LogP contribution in [0, 0.1) is 10.8 Å². The highest BCUT2D eigenvalue weighted by Gasteiger charge is 2.81. The topological polar surface area (TPSA) is 88.9 Å². The molecule has 2 aromatic rings. The highest BCUT2D eigenvalue weighted by Crippen LogP contribution is 2.78. The monoisotopic (exact) mass is 379 g/mol. The normalized spacial score (nSPS) is 25.9. The van der Waals surface area contributed by atoms with Crippen LogP contribution < -0.4 is 10.6 Å². The molecule has 0 spiro atoms. The molecule has 142 valence electrons. The molecular formula is C17H16F3N5O2. The molecule has 10 heteroatoms. The van der Waals surface area contributed by atoms with E-state index >= 15 is 0 Å². The number of carbonyl (C=O) groups excluding carboxylic acids is 2. The van der Waals surface area contributed by atoms with Crippen LogP contribution >= 0.6 is 0 Å². The van der Waals surface area contributed by atoms with Crippen molar-refractivity contribution in [1.82, 2.24) is 25.4 Å². The lowest BCUT2D eigenvalue weighted by molar-refractivity contribution is -0.350. The van der Waals surface area contributed by atoms with E-state index in [2.05, 4.69) is 20.7 Å². The van der Waals surface area contributed by atoms with Gasteiger partial charge in [-0.25, -0.2) is 14.5 Å². The first-order valence-electron chi connectivity index (χ1n) is 8.34. The summed E-state index contributed by atoms with van der Waals surface area (Å²) in [5.74, 6) is -0.0693. The Morgan fingerprint density at radius 1 is 1.22 bits per heavy atom. The van der Waals surface area contributed by atoms with E-state index in [0.29, 0.717) is 5.82 Å². The van der Waals surface area contributed by atoms with Gasteiger partial charge in [-0.15, -0.1) is 0 Å². The maximum Gasteiger partial charge on any atom is 0.394 e. The molecule has 3 aliphatic carbocycles. The SMILES string of the molecule is O=C(NCc1ccnc(-n2cccn2)c1)NC(=O)C12CC(C(F)(F)F)(C1)C2. The van der Waals surface area contributed by atoms with E-state index in [1.54, 1.807) is 41.5 Å². The van der Waals surface area contributed by atoms with Crippen molar-refractivity contribution in [2.75, 3.05) is 0 Å². The Balaban J connectivity index is 1.29. The molecule has 3 fully saturated rings. The molecule has 2 bridgehead atoms. The molecule has 3 aliphatic rings. The molecule has 0 radical (unpaired) electrons. The number of pyridine rings is 1. The van der Waals surface area contributed by atoms with Gasteiger partial charge in [0.25, 0.3) is 0 Å². The standard InChI is InChI=1S/C17H16F3N5O2/c18-17(19,20)16-8-15(9-16,10-16)13(26)24-14(27)22-7-11-2-4-21-12(6-11)25-5-1-3-23-25/h1-6H,7-10H2,(H2,22,24,26,27). The van der Waals surface area contributed by atoms with Crippen molar-refractivity contribution in [1.29, 1.82) is 0 Å². The third-order valence-electron chi connectivity index (χ3n) is 5.34. The quantitative estimate of drug-likeness (QED) is 0.853. The zero-order valence-electron chi connectivity index (χ0n) is 14.1. The first-order valence-corrected chi connectivity index (χ1v) is 8.34. The molecule has 7 nitrogen and oxygen atoms in total. The molecule has 0 saturated heterocycles. The summed E-state index contributed by atoms with van der Waals surface area (Å²) in [6.07, 6.45) is -0.0944. The van der Waals surface area contributed by atoms with Crippen molar-refractivity contribution < 1.29 is 22.8 Å². The molecule has 0 atom stereocenters. The number of carbonyl (C=O) groups is 2. The number of alkyl halides is 3. The summed E-state index contributed by atoms with van der Waals surface area (Å²) in [6.45, 7) is 0.134. The second kappa shape index (κ2) is 5.80. The summed E-state index contributed by atoms with van der Waals surface area (Å²) in [4.78, 5) is 28.2. The zero-order chi connectivity index (χ0) is 19.3. The van der Waals surface area contributed by atoms with E-state index in [4.69, 9.17) is 0 Å². The van der Waals surface area contributed by atoms with Gasteiger partial charge < -0.3 is 5.32 Å². The highest BCUT2D eigenvalue weighted by molar-refractivity contribution is 5.99. The van der Waals surface area contributed by atoms with Gasteiger partial charge in [0.1, 0.15) is 0 Å². The minimum absolute atomic E-state index is 0.134. The fourth-order valence-corrected chi connectivity index (χ4v) is 3.89. The minimum Gasteiger partial charge on any atom is -0.334 e. The lowest BCUT2D eigenvalue weighted by Crippen LogP contribution is -2.73. The van der Waals surface area contributed by atoms with E-state index < -0.39 is 28.9 Å². The van der Waals surface area contributed by atoms with Gasteiger partial charge in [0.05, 0.1) is 10.8 Å². The maximum absolute atomic E-state index is 12.8. The van der Waals surface area contributed by atoms with Gasteiger partial charge in [-0.05, 0) is 43.0 Å². The number of imide groups is 1. The average Bonchev–Trinajstić information content (AvgIpc) is 3.03. The third-order valence-corrected chi connectivity index (χ3v) is 5.34. The summed E-state index contributed by atoms with van der Waals surface area (Å²) >= 11 is 0. The molecule has 2 heterocycles. The minimum atomic E-state index is -4.29. The van der Waals surface area contributed by atoms with Gasteiger partial charge in [0, 0.05) is 25.1 Å². The number of amides is 3. The number of hydrogen-bond acceptors (Lipinski definition) is 4. The molecule has 2 aromatic heterocycles. The van der Waals surface area contributed by atoms with Crippen LogP contribution in [0.5, 0.6) is 0 Å². The lowest BCUT2D eigenvalue weighted by Gasteiger charge is -2.68. The van der Waals surface area contributed by atoms with Gasteiger partial charge in [-0.3, -0.25) is 10.1 Å². The van der Waals surface area contributed by atoms with Gasteiger partial charge in [-0.1, -0.05) is 0 Å². The van der Waals surface area contributed by atoms with Crippen LogP contribution in [0.3, 0.4) is 0 Å².